The van der Waals surface area contributed by atoms with Gasteiger partial charge >= 0.3 is 0 Å². The average Bonchev–Trinajstić information content (AvgIpc) is 2.29. The second-order valence-electron chi connectivity index (χ2n) is 3.12. The summed E-state index contributed by atoms with van der Waals surface area (Å²) < 4.78 is 5.21. The fraction of sp³-hybridized carbons (Fsp3) is 0.364. The van der Waals surface area contributed by atoms with E-state index in [1.807, 2.05) is 12.1 Å². The maximum atomic E-state index is 11.0. The van der Waals surface area contributed by atoms with Crippen LogP contribution in [0.4, 0.5) is 0 Å². The molecule has 1 N–H and O–H groups in total. The maximum Gasteiger partial charge on any atom is 0.229 e. The van der Waals surface area contributed by atoms with Crippen molar-refractivity contribution >= 4 is 29.3 Å². The molecule has 0 aliphatic rings. The minimum Gasteiger partial charge on any atom is -0.496 e. The van der Waals surface area contributed by atoms with E-state index in [9.17, 15) is 4.79 Å². The van der Waals surface area contributed by atoms with Gasteiger partial charge in [0.2, 0.25) is 5.91 Å². The number of hydrogen-bond donors (Lipinski definition) is 1. The molecule has 0 saturated heterocycles. The van der Waals surface area contributed by atoms with Gasteiger partial charge in [-0.15, -0.1) is 11.8 Å². The normalized spacial score (nSPS) is 9.94. The third kappa shape index (κ3) is 3.94. The number of benzene rings is 1. The Kier molecular flexibility index (Phi) is 5.49. The molecule has 3 nitrogen and oxygen atoms in total. The Labute approximate surface area is 105 Å². The summed E-state index contributed by atoms with van der Waals surface area (Å²) in [7, 11) is 3.25. The molecule has 88 valence electrons. The van der Waals surface area contributed by atoms with E-state index in [0.29, 0.717) is 16.5 Å². The van der Waals surface area contributed by atoms with Gasteiger partial charge in [0.1, 0.15) is 5.75 Å². The molecule has 5 heteroatoms. The van der Waals surface area contributed by atoms with Crippen LogP contribution in [0.5, 0.6) is 5.75 Å². The molecule has 0 unspecified atom stereocenters. The summed E-state index contributed by atoms with van der Waals surface area (Å²) in [5, 5.41) is 3.25. The maximum absolute atomic E-state index is 11.0. The molecular formula is C11H14ClNO2S. The van der Waals surface area contributed by atoms with Crippen molar-refractivity contribution < 1.29 is 9.53 Å². The molecule has 1 aromatic rings. The average molecular weight is 260 g/mol. The summed E-state index contributed by atoms with van der Waals surface area (Å²) in [6, 6.07) is 5.47. The van der Waals surface area contributed by atoms with Crippen LogP contribution < -0.4 is 10.1 Å². The lowest BCUT2D eigenvalue weighted by atomic mass is 10.2. The van der Waals surface area contributed by atoms with Gasteiger partial charge in [0, 0.05) is 23.4 Å². The number of carbonyl (C=O) groups is 1. The van der Waals surface area contributed by atoms with E-state index in [4.69, 9.17) is 16.3 Å². The Morgan fingerprint density at radius 3 is 2.94 bits per heavy atom. The smallest absolute Gasteiger partial charge is 0.229 e. The number of hydrogen-bond acceptors (Lipinski definition) is 3. The largest absolute Gasteiger partial charge is 0.496 e. The number of thioether (sulfide) groups is 1. The third-order valence-electron chi connectivity index (χ3n) is 2.01. The van der Waals surface area contributed by atoms with E-state index in [2.05, 4.69) is 5.32 Å². The zero-order chi connectivity index (χ0) is 12.0. The highest BCUT2D eigenvalue weighted by Gasteiger charge is 2.05. The van der Waals surface area contributed by atoms with Crippen LogP contribution in [-0.2, 0) is 10.5 Å². The molecule has 0 fully saturated rings. The molecule has 16 heavy (non-hydrogen) atoms. The SMILES string of the molecule is CNC(=O)CSCc1cc(Cl)ccc1OC. The summed E-state index contributed by atoms with van der Waals surface area (Å²) >= 11 is 7.43. The Morgan fingerprint density at radius 1 is 1.56 bits per heavy atom. The summed E-state index contributed by atoms with van der Waals surface area (Å²) in [5.74, 6) is 1.96. The van der Waals surface area contributed by atoms with E-state index in [0.717, 1.165) is 11.3 Å². The second-order valence-corrected chi connectivity index (χ2v) is 4.54. The van der Waals surface area contributed by atoms with Crippen LogP contribution in [0, 0.1) is 0 Å². The number of rotatable bonds is 5. The van der Waals surface area contributed by atoms with Crippen molar-refractivity contribution in [3.8, 4) is 5.75 Å². The molecule has 1 rings (SSSR count). The highest BCUT2D eigenvalue weighted by atomic mass is 35.5. The minimum atomic E-state index is 0.0194. The molecule has 0 atom stereocenters. The van der Waals surface area contributed by atoms with Crippen molar-refractivity contribution in [3.63, 3.8) is 0 Å². The van der Waals surface area contributed by atoms with Crippen molar-refractivity contribution in [3.05, 3.63) is 28.8 Å². The molecule has 1 aromatic carbocycles. The second kappa shape index (κ2) is 6.66. The van der Waals surface area contributed by atoms with Crippen LogP contribution >= 0.6 is 23.4 Å². The molecule has 0 spiro atoms. The number of ether oxygens (including phenoxy) is 1. The van der Waals surface area contributed by atoms with Crippen LogP contribution in [0.2, 0.25) is 5.02 Å². The first kappa shape index (κ1) is 13.2. The van der Waals surface area contributed by atoms with Gasteiger partial charge < -0.3 is 10.1 Å². The van der Waals surface area contributed by atoms with Crippen LogP contribution in [0.1, 0.15) is 5.56 Å². The number of carbonyl (C=O) groups excluding carboxylic acids is 1. The Hall–Kier alpha value is -0.870. The van der Waals surface area contributed by atoms with E-state index >= 15 is 0 Å². The van der Waals surface area contributed by atoms with Gasteiger partial charge in [-0.3, -0.25) is 4.79 Å². The topological polar surface area (TPSA) is 38.3 Å². The Balaban J connectivity index is 2.58. The van der Waals surface area contributed by atoms with Crippen molar-refractivity contribution in [2.45, 2.75) is 5.75 Å². The monoisotopic (exact) mass is 259 g/mol. The van der Waals surface area contributed by atoms with Crippen LogP contribution in [0.25, 0.3) is 0 Å². The Bertz CT molecular complexity index is 371. The first-order chi connectivity index (χ1) is 7.67. The molecule has 0 bridgehead atoms. The predicted molar refractivity (Wildman–Crippen MR) is 68.2 cm³/mol. The highest BCUT2D eigenvalue weighted by molar-refractivity contribution is 7.99. The molecular weight excluding hydrogens is 246 g/mol. The van der Waals surface area contributed by atoms with Crippen LogP contribution in [0.3, 0.4) is 0 Å². The van der Waals surface area contributed by atoms with Crippen LogP contribution in [-0.4, -0.2) is 25.8 Å². The summed E-state index contributed by atoms with van der Waals surface area (Å²) in [6.07, 6.45) is 0. The summed E-state index contributed by atoms with van der Waals surface area (Å²) in [6.45, 7) is 0. The molecule has 0 aliphatic heterocycles. The van der Waals surface area contributed by atoms with Gasteiger partial charge in [-0.05, 0) is 18.2 Å². The molecule has 1 amide bonds. The van der Waals surface area contributed by atoms with Gasteiger partial charge in [0.05, 0.1) is 12.9 Å². The van der Waals surface area contributed by atoms with Crippen molar-refractivity contribution in [1.29, 1.82) is 0 Å². The van der Waals surface area contributed by atoms with Crippen LogP contribution in [0.15, 0.2) is 18.2 Å². The molecule has 0 aromatic heterocycles. The number of methoxy groups -OCH3 is 1. The highest BCUT2D eigenvalue weighted by Crippen LogP contribution is 2.26. The molecule has 0 heterocycles. The third-order valence-corrected chi connectivity index (χ3v) is 3.23. The zero-order valence-corrected chi connectivity index (χ0v) is 10.8. The first-order valence-electron chi connectivity index (χ1n) is 4.78. The first-order valence-corrected chi connectivity index (χ1v) is 6.31. The zero-order valence-electron chi connectivity index (χ0n) is 9.25. The predicted octanol–water partition coefficient (Wildman–Crippen LogP) is 2.33. The Morgan fingerprint density at radius 2 is 2.31 bits per heavy atom. The van der Waals surface area contributed by atoms with Crippen molar-refractivity contribution in [2.24, 2.45) is 0 Å². The quantitative estimate of drug-likeness (QED) is 0.882. The lowest BCUT2D eigenvalue weighted by Gasteiger charge is -2.08. The number of halogens is 1. The van der Waals surface area contributed by atoms with Crippen molar-refractivity contribution in [2.75, 3.05) is 19.9 Å². The van der Waals surface area contributed by atoms with Crippen molar-refractivity contribution in [1.82, 2.24) is 5.32 Å². The van der Waals surface area contributed by atoms with Gasteiger partial charge in [-0.25, -0.2) is 0 Å². The summed E-state index contributed by atoms with van der Waals surface area (Å²) in [5.41, 5.74) is 1.00. The fourth-order valence-electron chi connectivity index (χ4n) is 1.19. The fourth-order valence-corrected chi connectivity index (χ4v) is 2.26. The number of nitrogens with one attached hydrogen (secondary N) is 1. The lowest BCUT2D eigenvalue weighted by Crippen LogP contribution is -2.19. The molecule has 0 aliphatic carbocycles. The molecule has 0 saturated carbocycles. The van der Waals surface area contributed by atoms with Gasteiger partial charge in [-0.1, -0.05) is 11.6 Å². The van der Waals surface area contributed by atoms with E-state index < -0.39 is 0 Å². The summed E-state index contributed by atoms with van der Waals surface area (Å²) in [4.78, 5) is 11.0. The van der Waals surface area contributed by atoms with Gasteiger partial charge in [0.15, 0.2) is 0 Å². The van der Waals surface area contributed by atoms with Gasteiger partial charge in [-0.2, -0.15) is 0 Å². The minimum absolute atomic E-state index is 0.0194. The number of amides is 1. The van der Waals surface area contributed by atoms with E-state index in [1.165, 1.54) is 11.8 Å². The standard InChI is InChI=1S/C11H14ClNO2S/c1-13-11(14)7-16-6-8-5-9(12)3-4-10(8)15-2/h3-5H,6-7H2,1-2H3,(H,13,14). The van der Waals surface area contributed by atoms with E-state index in [1.54, 1.807) is 20.2 Å². The van der Waals surface area contributed by atoms with Gasteiger partial charge in [0.25, 0.3) is 0 Å². The lowest BCUT2D eigenvalue weighted by molar-refractivity contribution is -0.118. The molecule has 0 radical (unpaired) electrons. The van der Waals surface area contributed by atoms with E-state index in [-0.39, 0.29) is 5.91 Å².